The van der Waals surface area contributed by atoms with Gasteiger partial charge in [0.05, 0.1) is 12.6 Å². The molecular weight excluding hydrogens is 198 g/mol. The molecule has 0 aromatic heterocycles. The maximum Gasteiger partial charge on any atom is 0.0658 e. The van der Waals surface area contributed by atoms with Crippen molar-refractivity contribution < 1.29 is 4.74 Å². The van der Waals surface area contributed by atoms with Gasteiger partial charge in [0.2, 0.25) is 0 Å². The van der Waals surface area contributed by atoms with Crippen molar-refractivity contribution in [3.8, 4) is 0 Å². The summed E-state index contributed by atoms with van der Waals surface area (Å²) in [6.45, 7) is 2.65. The smallest absolute Gasteiger partial charge is 0.0658 e. The van der Waals surface area contributed by atoms with Crippen molar-refractivity contribution >= 4 is 11.6 Å². The molecule has 0 aliphatic heterocycles. The zero-order valence-corrected chi connectivity index (χ0v) is 9.56. The summed E-state index contributed by atoms with van der Waals surface area (Å²) in [6, 6.07) is 6.23. The Morgan fingerprint density at radius 2 is 2.21 bits per heavy atom. The summed E-state index contributed by atoms with van der Waals surface area (Å²) in [5.74, 6) is 0. The highest BCUT2D eigenvalue weighted by molar-refractivity contribution is 6.31. The molecule has 1 aromatic rings. The van der Waals surface area contributed by atoms with Crippen LogP contribution in [-0.2, 0) is 4.74 Å². The first kappa shape index (κ1) is 11.5. The Balaban J connectivity index is 2.92. The third-order valence-corrected chi connectivity index (χ3v) is 2.54. The van der Waals surface area contributed by atoms with Crippen LogP contribution >= 0.6 is 11.6 Å². The van der Waals surface area contributed by atoms with Gasteiger partial charge in [-0.3, -0.25) is 0 Å². The van der Waals surface area contributed by atoms with Crippen molar-refractivity contribution in [3.63, 3.8) is 0 Å². The van der Waals surface area contributed by atoms with E-state index in [4.69, 9.17) is 16.3 Å². The molecule has 0 bridgehead atoms. The number of likely N-dealkylation sites (N-methyl/N-ethyl adjacent to an activating group) is 1. The molecule has 78 valence electrons. The van der Waals surface area contributed by atoms with E-state index in [1.807, 2.05) is 26.1 Å². The predicted molar refractivity (Wildman–Crippen MR) is 59.9 cm³/mol. The minimum absolute atomic E-state index is 0.160. The van der Waals surface area contributed by atoms with Crippen molar-refractivity contribution in [1.29, 1.82) is 0 Å². The fourth-order valence-electron chi connectivity index (χ4n) is 1.41. The zero-order valence-electron chi connectivity index (χ0n) is 8.80. The lowest BCUT2D eigenvalue weighted by Gasteiger charge is -2.17. The SMILES string of the molecule is CNC(COC)c1ccc(C)cc1Cl. The van der Waals surface area contributed by atoms with E-state index in [2.05, 4.69) is 11.4 Å². The summed E-state index contributed by atoms with van der Waals surface area (Å²) in [4.78, 5) is 0. The lowest BCUT2D eigenvalue weighted by atomic mass is 10.1. The number of hydrogen-bond donors (Lipinski definition) is 1. The van der Waals surface area contributed by atoms with Crippen molar-refractivity contribution in [2.75, 3.05) is 20.8 Å². The molecule has 0 heterocycles. The molecule has 1 atom stereocenters. The molecule has 3 heteroatoms. The van der Waals surface area contributed by atoms with Gasteiger partial charge in [-0.05, 0) is 31.2 Å². The standard InChI is InChI=1S/C11H16ClNO/c1-8-4-5-9(10(12)6-8)11(13-2)7-14-3/h4-6,11,13H,7H2,1-3H3. The molecule has 1 N–H and O–H groups in total. The molecule has 0 radical (unpaired) electrons. The molecule has 0 spiro atoms. The quantitative estimate of drug-likeness (QED) is 0.830. The fraction of sp³-hybridized carbons (Fsp3) is 0.455. The first-order valence-electron chi connectivity index (χ1n) is 4.61. The topological polar surface area (TPSA) is 21.3 Å². The van der Waals surface area contributed by atoms with Crippen LogP contribution in [0.25, 0.3) is 0 Å². The molecule has 0 aliphatic carbocycles. The molecule has 1 unspecified atom stereocenters. The van der Waals surface area contributed by atoms with Crippen LogP contribution in [0.15, 0.2) is 18.2 Å². The Morgan fingerprint density at radius 1 is 1.50 bits per heavy atom. The second kappa shape index (κ2) is 5.35. The maximum atomic E-state index is 6.14. The van der Waals surface area contributed by atoms with Gasteiger partial charge in [-0.15, -0.1) is 0 Å². The van der Waals surface area contributed by atoms with Crippen LogP contribution in [0.1, 0.15) is 17.2 Å². The van der Waals surface area contributed by atoms with Crippen LogP contribution in [0.2, 0.25) is 5.02 Å². The number of benzene rings is 1. The van der Waals surface area contributed by atoms with Gasteiger partial charge < -0.3 is 10.1 Å². The Labute approximate surface area is 90.2 Å². The molecule has 0 saturated heterocycles. The van der Waals surface area contributed by atoms with Crippen LogP contribution in [0.3, 0.4) is 0 Å². The number of ether oxygens (including phenoxy) is 1. The van der Waals surface area contributed by atoms with Crippen molar-refractivity contribution in [2.24, 2.45) is 0 Å². The molecule has 14 heavy (non-hydrogen) atoms. The fourth-order valence-corrected chi connectivity index (χ4v) is 1.78. The Hall–Kier alpha value is -0.570. The maximum absolute atomic E-state index is 6.14. The number of hydrogen-bond acceptors (Lipinski definition) is 2. The Morgan fingerprint density at radius 3 is 2.71 bits per heavy atom. The van der Waals surface area contributed by atoms with Crippen LogP contribution in [-0.4, -0.2) is 20.8 Å². The van der Waals surface area contributed by atoms with Crippen molar-refractivity contribution in [2.45, 2.75) is 13.0 Å². The van der Waals surface area contributed by atoms with E-state index in [9.17, 15) is 0 Å². The van der Waals surface area contributed by atoms with Crippen LogP contribution in [0.4, 0.5) is 0 Å². The summed E-state index contributed by atoms with van der Waals surface area (Å²) in [5.41, 5.74) is 2.26. The van der Waals surface area contributed by atoms with Gasteiger partial charge in [0.25, 0.3) is 0 Å². The molecule has 0 fully saturated rings. The third kappa shape index (κ3) is 2.71. The summed E-state index contributed by atoms with van der Waals surface area (Å²) in [6.07, 6.45) is 0. The first-order chi connectivity index (χ1) is 6.69. The minimum Gasteiger partial charge on any atom is -0.383 e. The molecular formula is C11H16ClNO. The summed E-state index contributed by atoms with van der Waals surface area (Å²) in [5, 5.41) is 3.96. The van der Waals surface area contributed by atoms with Gasteiger partial charge in [0.1, 0.15) is 0 Å². The number of halogens is 1. The highest BCUT2D eigenvalue weighted by Gasteiger charge is 2.11. The second-order valence-corrected chi connectivity index (χ2v) is 3.73. The van der Waals surface area contributed by atoms with E-state index >= 15 is 0 Å². The van der Waals surface area contributed by atoms with E-state index in [-0.39, 0.29) is 6.04 Å². The number of aryl methyl sites for hydroxylation is 1. The summed E-state index contributed by atoms with van der Waals surface area (Å²) in [7, 11) is 3.59. The molecule has 1 aromatic carbocycles. The second-order valence-electron chi connectivity index (χ2n) is 3.32. The van der Waals surface area contributed by atoms with Gasteiger partial charge in [-0.25, -0.2) is 0 Å². The van der Waals surface area contributed by atoms with Crippen LogP contribution < -0.4 is 5.32 Å². The highest BCUT2D eigenvalue weighted by atomic mass is 35.5. The molecule has 2 nitrogen and oxygen atoms in total. The molecule has 1 rings (SSSR count). The largest absolute Gasteiger partial charge is 0.383 e. The molecule has 0 saturated carbocycles. The number of nitrogens with one attached hydrogen (secondary N) is 1. The van der Waals surface area contributed by atoms with Crippen LogP contribution in [0.5, 0.6) is 0 Å². The average Bonchev–Trinajstić information content (AvgIpc) is 2.15. The average molecular weight is 214 g/mol. The van der Waals surface area contributed by atoms with E-state index in [1.54, 1.807) is 7.11 Å². The van der Waals surface area contributed by atoms with Gasteiger partial charge in [0.15, 0.2) is 0 Å². The minimum atomic E-state index is 0.160. The first-order valence-corrected chi connectivity index (χ1v) is 4.99. The lowest BCUT2D eigenvalue weighted by molar-refractivity contribution is 0.170. The van der Waals surface area contributed by atoms with Crippen molar-refractivity contribution in [1.82, 2.24) is 5.32 Å². The van der Waals surface area contributed by atoms with E-state index < -0.39 is 0 Å². The Bertz CT molecular complexity index is 301. The normalized spacial score (nSPS) is 12.9. The summed E-state index contributed by atoms with van der Waals surface area (Å²) < 4.78 is 5.11. The number of rotatable bonds is 4. The summed E-state index contributed by atoms with van der Waals surface area (Å²) >= 11 is 6.14. The number of methoxy groups -OCH3 is 1. The Kier molecular flexibility index (Phi) is 4.39. The molecule has 0 amide bonds. The van der Waals surface area contributed by atoms with E-state index in [0.29, 0.717) is 6.61 Å². The van der Waals surface area contributed by atoms with Gasteiger partial charge in [-0.1, -0.05) is 23.7 Å². The van der Waals surface area contributed by atoms with E-state index in [1.165, 1.54) is 5.56 Å². The zero-order chi connectivity index (χ0) is 10.6. The highest BCUT2D eigenvalue weighted by Crippen LogP contribution is 2.23. The van der Waals surface area contributed by atoms with Crippen molar-refractivity contribution in [3.05, 3.63) is 34.3 Å². The van der Waals surface area contributed by atoms with Crippen LogP contribution in [0, 0.1) is 6.92 Å². The van der Waals surface area contributed by atoms with E-state index in [0.717, 1.165) is 10.6 Å². The predicted octanol–water partition coefficient (Wildman–Crippen LogP) is 2.56. The van der Waals surface area contributed by atoms with Gasteiger partial charge in [0, 0.05) is 12.1 Å². The molecule has 0 aliphatic rings. The van der Waals surface area contributed by atoms with Gasteiger partial charge in [-0.2, -0.15) is 0 Å². The third-order valence-electron chi connectivity index (χ3n) is 2.21. The lowest BCUT2D eigenvalue weighted by Crippen LogP contribution is -2.21. The van der Waals surface area contributed by atoms with Gasteiger partial charge >= 0.3 is 0 Å². The monoisotopic (exact) mass is 213 g/mol.